The van der Waals surface area contributed by atoms with E-state index in [4.69, 9.17) is 14.6 Å². The summed E-state index contributed by atoms with van der Waals surface area (Å²) in [5.74, 6) is 0.0549. The van der Waals surface area contributed by atoms with E-state index in [1.165, 1.54) is 4.80 Å². The summed E-state index contributed by atoms with van der Waals surface area (Å²) in [7, 11) is 1.78. The van der Waals surface area contributed by atoms with Crippen LogP contribution in [0, 0.1) is 5.41 Å². The number of hydrogen-bond donors (Lipinski definition) is 0. The monoisotopic (exact) mass is 555 g/mol. The fourth-order valence-electron chi connectivity index (χ4n) is 6.36. The molecule has 212 valence electrons. The Bertz CT molecular complexity index is 1590. The molecule has 5 heterocycles. The molecule has 0 N–H and O–H groups in total. The molecule has 3 aliphatic heterocycles. The first kappa shape index (κ1) is 25.7. The minimum absolute atomic E-state index is 0.0549. The second kappa shape index (κ2) is 10.3. The number of fused-ring (bicyclic) bond motifs is 1. The van der Waals surface area contributed by atoms with Crippen LogP contribution in [0.3, 0.4) is 0 Å². The molecule has 11 heteroatoms. The van der Waals surface area contributed by atoms with E-state index >= 15 is 0 Å². The van der Waals surface area contributed by atoms with E-state index in [-0.39, 0.29) is 24.8 Å². The van der Waals surface area contributed by atoms with Crippen LogP contribution in [0.25, 0.3) is 22.3 Å². The fraction of sp³-hybridized carbons (Fsp3) is 0.433. The van der Waals surface area contributed by atoms with E-state index in [1.54, 1.807) is 18.1 Å². The SMILES string of the molecule is Cn1ncc(-c2nn(C3CCCCO3)c3ccc(N4CC[C@]5(CCN(C(=O)OCc6ccccc6)C5)C4=O)cc23)n1. The van der Waals surface area contributed by atoms with Crippen LogP contribution in [0.4, 0.5) is 10.5 Å². The van der Waals surface area contributed by atoms with Gasteiger partial charge >= 0.3 is 6.09 Å². The smallest absolute Gasteiger partial charge is 0.410 e. The lowest BCUT2D eigenvalue weighted by atomic mass is 9.85. The lowest BCUT2D eigenvalue weighted by Crippen LogP contribution is -2.38. The summed E-state index contributed by atoms with van der Waals surface area (Å²) in [4.78, 5) is 31.8. The third-order valence-electron chi connectivity index (χ3n) is 8.60. The first-order valence-corrected chi connectivity index (χ1v) is 14.3. The number of anilines is 1. The van der Waals surface area contributed by atoms with Crippen molar-refractivity contribution in [2.45, 2.75) is 44.9 Å². The molecule has 2 aromatic heterocycles. The molecule has 3 aliphatic rings. The standard InChI is InChI=1S/C30H33N7O4/c1-34-31-18-24(32-34)27-23-17-22(10-11-25(23)37(33-27)26-9-5-6-16-40-26)36-15-13-30(28(36)38)12-14-35(20-30)29(39)41-19-21-7-3-2-4-8-21/h2-4,7-8,10-11,17-18,26H,5-6,9,12-16,19-20H2,1H3/t26?,30-/m0/s1. The molecule has 11 nitrogen and oxygen atoms in total. The molecule has 2 amide bonds. The van der Waals surface area contributed by atoms with Crippen molar-refractivity contribution in [1.29, 1.82) is 0 Å². The number of hydrogen-bond acceptors (Lipinski definition) is 7. The van der Waals surface area contributed by atoms with Gasteiger partial charge in [0.05, 0.1) is 17.1 Å². The molecular weight excluding hydrogens is 522 g/mol. The number of carbonyl (C=O) groups is 2. The van der Waals surface area contributed by atoms with Crippen LogP contribution in [0.2, 0.25) is 0 Å². The summed E-state index contributed by atoms with van der Waals surface area (Å²) in [5, 5.41) is 14.6. The van der Waals surface area contributed by atoms with Gasteiger partial charge < -0.3 is 19.3 Å². The Morgan fingerprint density at radius 3 is 2.73 bits per heavy atom. The van der Waals surface area contributed by atoms with E-state index in [9.17, 15) is 9.59 Å². The molecule has 4 aromatic rings. The molecule has 0 radical (unpaired) electrons. The molecular formula is C30H33N7O4. The Morgan fingerprint density at radius 1 is 1.10 bits per heavy atom. The molecule has 7 rings (SSSR count). The van der Waals surface area contributed by atoms with Gasteiger partial charge in [0.25, 0.3) is 0 Å². The van der Waals surface area contributed by atoms with Crippen molar-refractivity contribution in [2.75, 3.05) is 31.1 Å². The molecule has 0 bridgehead atoms. The number of amides is 2. The van der Waals surface area contributed by atoms with Crippen molar-refractivity contribution in [2.24, 2.45) is 12.5 Å². The number of nitrogens with zero attached hydrogens (tertiary/aromatic N) is 7. The molecule has 1 unspecified atom stereocenters. The van der Waals surface area contributed by atoms with Crippen molar-refractivity contribution < 1.29 is 19.1 Å². The molecule has 2 atom stereocenters. The second-order valence-corrected chi connectivity index (χ2v) is 11.2. The highest BCUT2D eigenvalue weighted by Gasteiger charge is 2.52. The highest BCUT2D eigenvalue weighted by Crippen LogP contribution is 2.43. The quantitative estimate of drug-likeness (QED) is 0.361. The number of benzene rings is 2. The molecule has 0 saturated carbocycles. The minimum atomic E-state index is -0.589. The van der Waals surface area contributed by atoms with Gasteiger partial charge in [-0.05, 0) is 55.9 Å². The third kappa shape index (κ3) is 4.63. The fourth-order valence-corrected chi connectivity index (χ4v) is 6.36. The Hall–Kier alpha value is -4.25. The topological polar surface area (TPSA) is 108 Å². The van der Waals surface area contributed by atoms with Crippen molar-refractivity contribution in [3.05, 3.63) is 60.3 Å². The van der Waals surface area contributed by atoms with Gasteiger partial charge in [-0.25, -0.2) is 9.48 Å². The van der Waals surface area contributed by atoms with E-state index in [2.05, 4.69) is 10.2 Å². The van der Waals surface area contributed by atoms with E-state index in [0.717, 1.165) is 47.1 Å². The molecule has 2 aromatic carbocycles. The zero-order valence-corrected chi connectivity index (χ0v) is 23.1. The van der Waals surface area contributed by atoms with Crippen LogP contribution in [0.5, 0.6) is 0 Å². The van der Waals surface area contributed by atoms with Crippen LogP contribution >= 0.6 is 0 Å². The lowest BCUT2D eigenvalue weighted by Gasteiger charge is -2.24. The largest absolute Gasteiger partial charge is 0.445 e. The Kier molecular flexibility index (Phi) is 6.45. The third-order valence-corrected chi connectivity index (χ3v) is 8.60. The summed E-state index contributed by atoms with van der Waals surface area (Å²) in [6, 6.07) is 15.7. The van der Waals surface area contributed by atoms with Crippen LogP contribution in [0.1, 0.15) is 43.9 Å². The van der Waals surface area contributed by atoms with Crippen LogP contribution < -0.4 is 4.90 Å². The van der Waals surface area contributed by atoms with Gasteiger partial charge in [0.15, 0.2) is 6.23 Å². The Labute approximate surface area is 237 Å². The summed E-state index contributed by atoms with van der Waals surface area (Å²) < 4.78 is 13.6. The summed E-state index contributed by atoms with van der Waals surface area (Å²) in [6.07, 6.45) is 5.57. The number of rotatable bonds is 5. The van der Waals surface area contributed by atoms with E-state index in [0.29, 0.717) is 44.8 Å². The Morgan fingerprint density at radius 2 is 1.95 bits per heavy atom. The Balaban J connectivity index is 1.13. The number of aryl methyl sites for hydroxylation is 1. The number of carbonyl (C=O) groups excluding carboxylic acids is 2. The number of likely N-dealkylation sites (tertiary alicyclic amines) is 1. The van der Waals surface area contributed by atoms with Gasteiger partial charge in [-0.1, -0.05) is 30.3 Å². The summed E-state index contributed by atoms with van der Waals surface area (Å²) in [6.45, 7) is 2.41. The molecule has 41 heavy (non-hydrogen) atoms. The lowest BCUT2D eigenvalue weighted by molar-refractivity contribution is -0.124. The zero-order chi connectivity index (χ0) is 28.0. The summed E-state index contributed by atoms with van der Waals surface area (Å²) >= 11 is 0. The zero-order valence-electron chi connectivity index (χ0n) is 23.1. The van der Waals surface area contributed by atoms with Gasteiger partial charge in [-0.2, -0.15) is 20.1 Å². The highest BCUT2D eigenvalue weighted by molar-refractivity contribution is 6.03. The van der Waals surface area contributed by atoms with Crippen LogP contribution in [0.15, 0.2) is 54.7 Å². The van der Waals surface area contributed by atoms with Gasteiger partial charge in [0.2, 0.25) is 5.91 Å². The molecule has 3 saturated heterocycles. The number of aromatic nitrogens is 5. The first-order chi connectivity index (χ1) is 20.0. The van der Waals surface area contributed by atoms with Crippen molar-refractivity contribution in [3.8, 4) is 11.4 Å². The maximum absolute atomic E-state index is 13.9. The van der Waals surface area contributed by atoms with Crippen molar-refractivity contribution in [1.82, 2.24) is 29.7 Å². The molecule has 3 fully saturated rings. The van der Waals surface area contributed by atoms with Crippen molar-refractivity contribution in [3.63, 3.8) is 0 Å². The minimum Gasteiger partial charge on any atom is -0.445 e. The predicted molar refractivity (Wildman–Crippen MR) is 151 cm³/mol. The predicted octanol–water partition coefficient (Wildman–Crippen LogP) is 4.30. The second-order valence-electron chi connectivity index (χ2n) is 11.2. The van der Waals surface area contributed by atoms with E-state index in [1.807, 2.05) is 58.1 Å². The maximum atomic E-state index is 13.9. The molecule has 1 spiro atoms. The van der Waals surface area contributed by atoms with Gasteiger partial charge in [-0.15, -0.1) is 0 Å². The van der Waals surface area contributed by atoms with Crippen LogP contribution in [-0.4, -0.2) is 67.9 Å². The average molecular weight is 556 g/mol. The highest BCUT2D eigenvalue weighted by atomic mass is 16.6. The molecule has 0 aliphatic carbocycles. The van der Waals surface area contributed by atoms with Gasteiger partial charge in [0, 0.05) is 44.4 Å². The average Bonchev–Trinajstić information content (AvgIpc) is 3.79. The van der Waals surface area contributed by atoms with Gasteiger partial charge in [0.1, 0.15) is 18.0 Å². The van der Waals surface area contributed by atoms with Crippen molar-refractivity contribution >= 4 is 28.6 Å². The first-order valence-electron chi connectivity index (χ1n) is 14.3. The maximum Gasteiger partial charge on any atom is 0.410 e. The summed E-state index contributed by atoms with van der Waals surface area (Å²) in [5.41, 5.74) is 3.50. The van der Waals surface area contributed by atoms with Crippen LogP contribution in [-0.2, 0) is 27.9 Å². The normalized spacial score (nSPS) is 22.8. The van der Waals surface area contributed by atoms with Gasteiger partial charge in [-0.3, -0.25) is 4.79 Å². The van der Waals surface area contributed by atoms with E-state index < -0.39 is 5.41 Å². The number of ether oxygens (including phenoxy) is 2.